The van der Waals surface area contributed by atoms with Crippen LogP contribution in [0.2, 0.25) is 0 Å². The van der Waals surface area contributed by atoms with Gasteiger partial charge in [0, 0.05) is 11.3 Å². The Kier molecular flexibility index (Phi) is 6.98. The Bertz CT molecular complexity index is 1390. The fraction of sp³-hybridized carbons (Fsp3) is 0.136. The van der Waals surface area contributed by atoms with Gasteiger partial charge in [0.05, 0.1) is 30.5 Å². The molecule has 2 N–H and O–H groups in total. The number of nitrogens with zero attached hydrogens (tertiary/aromatic N) is 3. The second-order valence-electron chi connectivity index (χ2n) is 7.24. The predicted molar refractivity (Wildman–Crippen MR) is 127 cm³/mol. The van der Waals surface area contributed by atoms with Crippen molar-refractivity contribution in [1.29, 1.82) is 0 Å². The second-order valence-corrected chi connectivity index (χ2v) is 9.93. The molecule has 0 bridgehead atoms. The van der Waals surface area contributed by atoms with Crippen molar-refractivity contribution in [2.75, 3.05) is 22.0 Å². The third-order valence-corrected chi connectivity index (χ3v) is 6.11. The number of sulfonamides is 1. The number of halogens is 1. The molecule has 34 heavy (non-hydrogen) atoms. The molecule has 0 saturated carbocycles. The van der Waals surface area contributed by atoms with E-state index in [2.05, 4.69) is 20.2 Å². The van der Waals surface area contributed by atoms with Gasteiger partial charge in [0.1, 0.15) is 11.6 Å². The predicted octanol–water partition coefficient (Wildman–Crippen LogP) is 3.83. The van der Waals surface area contributed by atoms with Gasteiger partial charge in [0.2, 0.25) is 15.9 Å². The van der Waals surface area contributed by atoms with Crippen molar-refractivity contribution < 1.29 is 22.0 Å². The number of benzene rings is 2. The van der Waals surface area contributed by atoms with E-state index in [1.807, 2.05) is 6.07 Å². The number of aromatic nitrogens is 3. The highest BCUT2D eigenvalue weighted by Gasteiger charge is 2.18. The average molecular weight is 502 g/mol. The molecule has 2 heterocycles. The van der Waals surface area contributed by atoms with E-state index in [1.54, 1.807) is 53.3 Å². The lowest BCUT2D eigenvalue weighted by atomic mass is 10.2. The number of rotatable bonds is 9. The van der Waals surface area contributed by atoms with Crippen molar-refractivity contribution in [2.24, 2.45) is 0 Å². The fourth-order valence-corrected chi connectivity index (χ4v) is 4.39. The molecule has 0 aliphatic heterocycles. The third kappa shape index (κ3) is 6.02. The summed E-state index contributed by atoms with van der Waals surface area (Å²) in [6.07, 6.45) is 2.63. The largest absolute Gasteiger partial charge is 0.467 e. The molecule has 0 aliphatic rings. The van der Waals surface area contributed by atoms with Gasteiger partial charge in [-0.1, -0.05) is 23.9 Å². The highest BCUT2D eigenvalue weighted by atomic mass is 32.2. The molecule has 0 saturated heterocycles. The minimum atomic E-state index is -3.39. The number of amides is 1. The number of furan rings is 1. The standard InChI is InChI=1S/C22H20FN5O4S2/c1-34(30,31)27-16-10-8-15(9-11-16)21-25-26-22(28(21)13-17-5-4-12-32-17)33-14-20(29)24-19-7-3-2-6-18(19)23/h2-12,27H,13-14H2,1H3,(H,24,29). The molecule has 9 nitrogen and oxygen atoms in total. The number of hydrogen-bond donors (Lipinski definition) is 2. The number of anilines is 2. The second kappa shape index (κ2) is 10.1. The van der Waals surface area contributed by atoms with E-state index in [0.29, 0.717) is 34.5 Å². The van der Waals surface area contributed by atoms with Crippen molar-refractivity contribution in [1.82, 2.24) is 14.8 Å². The van der Waals surface area contributed by atoms with Crippen molar-refractivity contribution in [3.8, 4) is 11.4 Å². The van der Waals surface area contributed by atoms with Gasteiger partial charge in [-0.15, -0.1) is 10.2 Å². The zero-order valence-electron chi connectivity index (χ0n) is 17.9. The minimum absolute atomic E-state index is 0.0121. The quantitative estimate of drug-likeness (QED) is 0.335. The van der Waals surface area contributed by atoms with Crippen LogP contribution >= 0.6 is 11.8 Å². The Balaban J connectivity index is 1.54. The normalized spacial score (nSPS) is 11.4. The van der Waals surface area contributed by atoms with Gasteiger partial charge < -0.3 is 9.73 Å². The summed E-state index contributed by atoms with van der Waals surface area (Å²) in [4.78, 5) is 12.4. The molecule has 0 fully saturated rings. The smallest absolute Gasteiger partial charge is 0.234 e. The molecule has 12 heteroatoms. The van der Waals surface area contributed by atoms with E-state index in [1.165, 1.54) is 12.1 Å². The van der Waals surface area contributed by atoms with Gasteiger partial charge in [-0.25, -0.2) is 12.8 Å². The Morgan fingerprint density at radius 1 is 1.09 bits per heavy atom. The maximum Gasteiger partial charge on any atom is 0.234 e. The highest BCUT2D eigenvalue weighted by molar-refractivity contribution is 7.99. The number of hydrogen-bond acceptors (Lipinski definition) is 7. The van der Waals surface area contributed by atoms with Crippen LogP contribution in [0.15, 0.2) is 76.5 Å². The van der Waals surface area contributed by atoms with Crippen LogP contribution in [0.1, 0.15) is 5.76 Å². The molecule has 0 unspecified atom stereocenters. The Hall–Kier alpha value is -3.64. The summed E-state index contributed by atoms with van der Waals surface area (Å²) < 4.78 is 46.4. The SMILES string of the molecule is CS(=O)(=O)Nc1ccc(-c2nnc(SCC(=O)Nc3ccccc3F)n2Cc2ccco2)cc1. The van der Waals surface area contributed by atoms with Crippen LogP contribution < -0.4 is 10.0 Å². The molecule has 0 spiro atoms. The zero-order valence-corrected chi connectivity index (χ0v) is 19.6. The summed E-state index contributed by atoms with van der Waals surface area (Å²) in [6.45, 7) is 0.315. The van der Waals surface area contributed by atoms with Crippen LogP contribution in [0.25, 0.3) is 11.4 Å². The van der Waals surface area contributed by atoms with Gasteiger partial charge in [0.15, 0.2) is 11.0 Å². The van der Waals surface area contributed by atoms with Crippen LogP contribution in [0.4, 0.5) is 15.8 Å². The van der Waals surface area contributed by atoms with Crippen molar-refractivity contribution in [3.05, 3.63) is 78.5 Å². The lowest BCUT2D eigenvalue weighted by Gasteiger charge is -2.10. The van der Waals surface area contributed by atoms with E-state index in [-0.39, 0.29) is 17.3 Å². The molecule has 0 atom stereocenters. The van der Waals surface area contributed by atoms with Crippen LogP contribution in [0.5, 0.6) is 0 Å². The van der Waals surface area contributed by atoms with Crippen molar-refractivity contribution >= 4 is 39.1 Å². The summed E-state index contributed by atoms with van der Waals surface area (Å²) in [5.41, 5.74) is 1.22. The third-order valence-electron chi connectivity index (χ3n) is 4.54. The van der Waals surface area contributed by atoms with E-state index in [9.17, 15) is 17.6 Å². The lowest BCUT2D eigenvalue weighted by Crippen LogP contribution is -2.15. The van der Waals surface area contributed by atoms with Gasteiger partial charge in [-0.3, -0.25) is 14.1 Å². The van der Waals surface area contributed by atoms with Gasteiger partial charge in [-0.05, 0) is 48.5 Å². The van der Waals surface area contributed by atoms with Crippen molar-refractivity contribution in [2.45, 2.75) is 11.7 Å². The zero-order chi connectivity index (χ0) is 24.1. The summed E-state index contributed by atoms with van der Waals surface area (Å²) >= 11 is 1.15. The molecule has 4 rings (SSSR count). The van der Waals surface area contributed by atoms with Crippen LogP contribution in [0.3, 0.4) is 0 Å². The highest BCUT2D eigenvalue weighted by Crippen LogP contribution is 2.27. The fourth-order valence-electron chi connectivity index (χ4n) is 3.09. The first-order valence-corrected chi connectivity index (χ1v) is 12.9. The molecule has 4 aromatic rings. The molecule has 0 radical (unpaired) electrons. The summed E-state index contributed by atoms with van der Waals surface area (Å²) in [7, 11) is -3.39. The van der Waals surface area contributed by atoms with E-state index in [4.69, 9.17) is 4.42 Å². The number of carbonyl (C=O) groups excluding carboxylic acids is 1. The Morgan fingerprint density at radius 2 is 1.85 bits per heavy atom. The van der Waals surface area contributed by atoms with E-state index >= 15 is 0 Å². The maximum absolute atomic E-state index is 13.8. The molecular formula is C22H20FN5O4S2. The molecule has 2 aromatic heterocycles. The number of carbonyl (C=O) groups is 1. The molecular weight excluding hydrogens is 481 g/mol. The maximum atomic E-state index is 13.8. The van der Waals surface area contributed by atoms with Crippen LogP contribution in [-0.2, 0) is 21.4 Å². The Morgan fingerprint density at radius 3 is 2.53 bits per heavy atom. The minimum Gasteiger partial charge on any atom is -0.467 e. The summed E-state index contributed by atoms with van der Waals surface area (Å²) in [5, 5.41) is 11.5. The number of nitrogens with one attached hydrogen (secondary N) is 2. The molecule has 176 valence electrons. The van der Waals surface area contributed by atoms with Gasteiger partial charge in [-0.2, -0.15) is 0 Å². The first-order chi connectivity index (χ1) is 16.3. The summed E-state index contributed by atoms with van der Waals surface area (Å²) in [5.74, 6) is 0.258. The molecule has 2 aromatic carbocycles. The average Bonchev–Trinajstić information content (AvgIpc) is 3.44. The lowest BCUT2D eigenvalue weighted by molar-refractivity contribution is -0.113. The van der Waals surface area contributed by atoms with E-state index < -0.39 is 15.8 Å². The van der Waals surface area contributed by atoms with Gasteiger partial charge >= 0.3 is 0 Å². The van der Waals surface area contributed by atoms with E-state index in [0.717, 1.165) is 18.0 Å². The summed E-state index contributed by atoms with van der Waals surface area (Å²) in [6, 6.07) is 16.2. The first kappa shape index (κ1) is 23.5. The number of thioether (sulfide) groups is 1. The number of para-hydroxylation sites is 1. The van der Waals surface area contributed by atoms with Crippen molar-refractivity contribution in [3.63, 3.8) is 0 Å². The first-order valence-electron chi connectivity index (χ1n) is 9.99. The molecule has 1 amide bonds. The monoisotopic (exact) mass is 501 g/mol. The van der Waals surface area contributed by atoms with Crippen LogP contribution in [0, 0.1) is 5.82 Å². The molecule has 0 aliphatic carbocycles. The Labute approximate surface area is 199 Å². The van der Waals surface area contributed by atoms with Gasteiger partial charge in [0.25, 0.3) is 0 Å². The topological polar surface area (TPSA) is 119 Å². The van der Waals surface area contributed by atoms with Crippen LogP contribution in [-0.4, -0.2) is 41.1 Å².